The van der Waals surface area contributed by atoms with Crippen molar-refractivity contribution >= 4 is 12.0 Å². The largest absolute Gasteiger partial charge is 0.480 e. The van der Waals surface area contributed by atoms with E-state index in [9.17, 15) is 9.59 Å². The molecule has 3 N–H and O–H groups in total. The van der Waals surface area contributed by atoms with Gasteiger partial charge >= 0.3 is 12.0 Å². The van der Waals surface area contributed by atoms with Crippen molar-refractivity contribution in [3.05, 3.63) is 35.9 Å². The SMILES string of the molecule is CC(C)(C)NC(=O)N[C@H](Cc1ccccc1)C(=O)O. The van der Waals surface area contributed by atoms with Crippen LogP contribution in [0.25, 0.3) is 0 Å². The summed E-state index contributed by atoms with van der Waals surface area (Å²) in [4.78, 5) is 22.8. The van der Waals surface area contributed by atoms with Crippen molar-refractivity contribution in [2.24, 2.45) is 0 Å². The van der Waals surface area contributed by atoms with Crippen LogP contribution >= 0.6 is 0 Å². The monoisotopic (exact) mass is 264 g/mol. The number of amides is 2. The van der Waals surface area contributed by atoms with E-state index in [1.54, 1.807) is 0 Å². The van der Waals surface area contributed by atoms with E-state index in [1.807, 2.05) is 51.1 Å². The Hall–Kier alpha value is -2.04. The minimum absolute atomic E-state index is 0.258. The smallest absolute Gasteiger partial charge is 0.326 e. The van der Waals surface area contributed by atoms with Crippen molar-refractivity contribution in [2.45, 2.75) is 38.8 Å². The highest BCUT2D eigenvalue weighted by atomic mass is 16.4. The number of rotatable bonds is 4. The lowest BCUT2D eigenvalue weighted by atomic mass is 10.1. The third-order valence-electron chi connectivity index (χ3n) is 2.37. The lowest BCUT2D eigenvalue weighted by Gasteiger charge is -2.23. The molecule has 1 atom stereocenters. The average molecular weight is 264 g/mol. The van der Waals surface area contributed by atoms with Crippen LogP contribution in [0.5, 0.6) is 0 Å². The third kappa shape index (κ3) is 5.90. The molecule has 0 spiro atoms. The van der Waals surface area contributed by atoms with Crippen LogP contribution in [0.2, 0.25) is 0 Å². The molecule has 0 fully saturated rings. The first-order valence-corrected chi connectivity index (χ1v) is 6.13. The Kier molecular flexibility index (Phi) is 4.92. The van der Waals surface area contributed by atoms with Gasteiger partial charge in [0.15, 0.2) is 0 Å². The van der Waals surface area contributed by atoms with Gasteiger partial charge in [0, 0.05) is 12.0 Å². The van der Waals surface area contributed by atoms with Gasteiger partial charge in [-0.15, -0.1) is 0 Å². The average Bonchev–Trinajstić information content (AvgIpc) is 2.26. The number of aliphatic carboxylic acids is 1. The number of benzene rings is 1. The number of urea groups is 1. The first-order chi connectivity index (χ1) is 8.78. The van der Waals surface area contributed by atoms with Crippen LogP contribution in [-0.2, 0) is 11.2 Å². The summed E-state index contributed by atoms with van der Waals surface area (Å²) in [6, 6.07) is 7.78. The van der Waals surface area contributed by atoms with Crippen LogP contribution in [-0.4, -0.2) is 28.7 Å². The van der Waals surface area contributed by atoms with E-state index in [2.05, 4.69) is 10.6 Å². The predicted octanol–water partition coefficient (Wildman–Crippen LogP) is 1.78. The van der Waals surface area contributed by atoms with Crippen LogP contribution in [0.15, 0.2) is 30.3 Å². The fraction of sp³-hybridized carbons (Fsp3) is 0.429. The maximum absolute atomic E-state index is 11.7. The summed E-state index contributed by atoms with van der Waals surface area (Å²) in [7, 11) is 0. The van der Waals surface area contributed by atoms with Gasteiger partial charge in [0.25, 0.3) is 0 Å². The zero-order valence-corrected chi connectivity index (χ0v) is 11.4. The predicted molar refractivity (Wildman–Crippen MR) is 73.0 cm³/mol. The summed E-state index contributed by atoms with van der Waals surface area (Å²) in [5, 5.41) is 14.3. The summed E-state index contributed by atoms with van der Waals surface area (Å²) >= 11 is 0. The molecule has 0 saturated heterocycles. The molecule has 0 aromatic heterocycles. The molecule has 0 bridgehead atoms. The van der Waals surface area contributed by atoms with Crippen molar-refractivity contribution in [2.75, 3.05) is 0 Å². The highest BCUT2D eigenvalue weighted by molar-refractivity contribution is 5.83. The molecule has 5 heteroatoms. The lowest BCUT2D eigenvalue weighted by molar-refractivity contribution is -0.139. The molecule has 0 aliphatic heterocycles. The van der Waals surface area contributed by atoms with Gasteiger partial charge in [-0.3, -0.25) is 0 Å². The fourth-order valence-corrected chi connectivity index (χ4v) is 1.58. The van der Waals surface area contributed by atoms with Gasteiger partial charge in [-0.25, -0.2) is 9.59 Å². The van der Waals surface area contributed by atoms with E-state index in [-0.39, 0.29) is 6.42 Å². The first kappa shape index (κ1) is 15.0. The Balaban J connectivity index is 2.64. The minimum atomic E-state index is -1.05. The number of nitrogens with one attached hydrogen (secondary N) is 2. The second-order valence-corrected chi connectivity index (χ2v) is 5.43. The molecule has 0 aliphatic rings. The molecule has 5 nitrogen and oxygen atoms in total. The number of carbonyl (C=O) groups is 2. The third-order valence-corrected chi connectivity index (χ3v) is 2.37. The van der Waals surface area contributed by atoms with Gasteiger partial charge in [0.1, 0.15) is 6.04 Å². The Bertz CT molecular complexity index is 438. The van der Waals surface area contributed by atoms with Gasteiger partial charge in [0.2, 0.25) is 0 Å². The highest BCUT2D eigenvalue weighted by Crippen LogP contribution is 2.04. The molecule has 104 valence electrons. The van der Waals surface area contributed by atoms with Crippen molar-refractivity contribution < 1.29 is 14.7 Å². The Labute approximate surface area is 113 Å². The molecule has 0 saturated carbocycles. The summed E-state index contributed by atoms with van der Waals surface area (Å²) in [5.74, 6) is -1.05. The van der Waals surface area contributed by atoms with Gasteiger partial charge in [-0.05, 0) is 26.3 Å². The zero-order valence-electron chi connectivity index (χ0n) is 11.4. The second kappa shape index (κ2) is 6.22. The number of hydrogen-bond donors (Lipinski definition) is 3. The molecule has 19 heavy (non-hydrogen) atoms. The maximum atomic E-state index is 11.7. The zero-order chi connectivity index (χ0) is 14.5. The Morgan fingerprint density at radius 1 is 1.21 bits per heavy atom. The van der Waals surface area contributed by atoms with E-state index in [0.717, 1.165) is 5.56 Å². The van der Waals surface area contributed by atoms with Crippen LogP contribution < -0.4 is 10.6 Å². The van der Waals surface area contributed by atoms with E-state index >= 15 is 0 Å². The van der Waals surface area contributed by atoms with Crippen molar-refractivity contribution in [1.82, 2.24) is 10.6 Å². The molecule has 2 amide bonds. The normalized spacial score (nSPS) is 12.6. The molecule has 0 aliphatic carbocycles. The van der Waals surface area contributed by atoms with Crippen molar-refractivity contribution in [3.63, 3.8) is 0 Å². The maximum Gasteiger partial charge on any atom is 0.326 e. The summed E-state index contributed by atoms with van der Waals surface area (Å²) in [6.45, 7) is 5.50. The quantitative estimate of drug-likeness (QED) is 0.775. The molecular weight excluding hydrogens is 244 g/mol. The summed E-state index contributed by atoms with van der Waals surface area (Å²) in [6.07, 6.45) is 0.258. The number of hydrogen-bond acceptors (Lipinski definition) is 2. The molecule has 1 rings (SSSR count). The van der Waals surface area contributed by atoms with E-state index in [0.29, 0.717) is 0 Å². The number of carboxylic acids is 1. The number of carbonyl (C=O) groups excluding carboxylic acids is 1. The van der Waals surface area contributed by atoms with Crippen molar-refractivity contribution in [1.29, 1.82) is 0 Å². The molecule has 0 radical (unpaired) electrons. The molecule has 1 aromatic carbocycles. The summed E-state index contributed by atoms with van der Waals surface area (Å²) < 4.78 is 0. The Morgan fingerprint density at radius 2 is 1.79 bits per heavy atom. The summed E-state index contributed by atoms with van der Waals surface area (Å²) in [5.41, 5.74) is 0.464. The van der Waals surface area contributed by atoms with Gasteiger partial charge in [0.05, 0.1) is 0 Å². The van der Waals surface area contributed by atoms with Gasteiger partial charge < -0.3 is 15.7 Å². The van der Waals surface area contributed by atoms with E-state index in [4.69, 9.17) is 5.11 Å². The second-order valence-electron chi connectivity index (χ2n) is 5.43. The van der Waals surface area contributed by atoms with Crippen LogP contribution in [0, 0.1) is 0 Å². The standard InChI is InChI=1S/C14H20N2O3/c1-14(2,3)16-13(19)15-11(12(17)18)9-10-7-5-4-6-8-10/h4-8,11H,9H2,1-3H3,(H,17,18)(H2,15,16,19)/t11-/m1/s1. The van der Waals surface area contributed by atoms with Gasteiger partial charge in [-0.1, -0.05) is 30.3 Å². The van der Waals surface area contributed by atoms with Crippen LogP contribution in [0.4, 0.5) is 4.79 Å². The first-order valence-electron chi connectivity index (χ1n) is 6.13. The van der Waals surface area contributed by atoms with Crippen molar-refractivity contribution in [3.8, 4) is 0 Å². The van der Waals surface area contributed by atoms with Gasteiger partial charge in [-0.2, -0.15) is 0 Å². The van der Waals surface area contributed by atoms with Crippen LogP contribution in [0.1, 0.15) is 26.3 Å². The number of carboxylic acid groups (broad SMARTS) is 1. The Morgan fingerprint density at radius 3 is 2.26 bits per heavy atom. The molecule has 0 heterocycles. The minimum Gasteiger partial charge on any atom is -0.480 e. The fourth-order valence-electron chi connectivity index (χ4n) is 1.58. The molecule has 1 aromatic rings. The van der Waals surface area contributed by atoms with E-state index < -0.39 is 23.6 Å². The molecular formula is C14H20N2O3. The van der Waals surface area contributed by atoms with Crippen LogP contribution in [0.3, 0.4) is 0 Å². The molecule has 0 unspecified atom stereocenters. The highest BCUT2D eigenvalue weighted by Gasteiger charge is 2.22. The lowest BCUT2D eigenvalue weighted by Crippen LogP contribution is -2.52. The van der Waals surface area contributed by atoms with E-state index in [1.165, 1.54) is 0 Å². The topological polar surface area (TPSA) is 78.4 Å².